The molecule has 110 valence electrons. The lowest BCUT2D eigenvalue weighted by Crippen LogP contribution is -2.40. The number of nitrogens with one attached hydrogen (secondary N) is 2. The molecule has 0 heterocycles. The quantitative estimate of drug-likeness (QED) is 0.600. The monoisotopic (exact) mass is 280 g/mol. The lowest BCUT2D eigenvalue weighted by atomic mass is 10.1. The number of hydrogen-bond donors (Lipinski definition) is 2. The molecule has 0 saturated heterocycles. The summed E-state index contributed by atoms with van der Waals surface area (Å²) >= 11 is 0. The third-order valence-corrected chi connectivity index (χ3v) is 2.78. The molecule has 0 unspecified atom stereocenters. The number of carbonyl (C=O) groups excluding carboxylic acids is 2. The lowest BCUT2D eigenvalue weighted by Gasteiger charge is -2.13. The van der Waals surface area contributed by atoms with Crippen molar-refractivity contribution in [3.8, 4) is 0 Å². The summed E-state index contributed by atoms with van der Waals surface area (Å²) in [6.07, 6.45) is 0.347. The molecule has 0 aliphatic carbocycles. The molecule has 0 saturated carbocycles. The van der Waals surface area contributed by atoms with Crippen molar-refractivity contribution in [2.45, 2.75) is 19.6 Å². The van der Waals surface area contributed by atoms with Gasteiger partial charge in [0.25, 0.3) is 0 Å². The van der Waals surface area contributed by atoms with Gasteiger partial charge in [0.1, 0.15) is 0 Å². The van der Waals surface area contributed by atoms with Crippen molar-refractivity contribution in [2.24, 2.45) is 0 Å². The van der Waals surface area contributed by atoms with Crippen LogP contribution in [-0.2, 0) is 25.5 Å². The molecular weight excluding hydrogens is 260 g/mol. The maximum Gasteiger partial charge on any atom is 0.313 e. The number of amides is 2. The Hall–Kier alpha value is -1.92. The highest BCUT2D eigenvalue weighted by atomic mass is 16.7. The van der Waals surface area contributed by atoms with Gasteiger partial charge in [-0.3, -0.25) is 9.59 Å². The summed E-state index contributed by atoms with van der Waals surface area (Å²) in [4.78, 5) is 23.2. The summed E-state index contributed by atoms with van der Waals surface area (Å²) in [6, 6.07) is 7.33. The fourth-order valence-electron chi connectivity index (χ4n) is 1.53. The van der Waals surface area contributed by atoms with Crippen molar-refractivity contribution in [2.75, 3.05) is 26.1 Å². The Kier molecular flexibility index (Phi) is 6.69. The number of rotatable bonds is 6. The Balaban J connectivity index is 2.46. The van der Waals surface area contributed by atoms with Gasteiger partial charge in [0.15, 0.2) is 6.29 Å². The maximum atomic E-state index is 11.7. The molecule has 0 bridgehead atoms. The molecule has 2 amide bonds. The zero-order chi connectivity index (χ0) is 15.0. The fourth-order valence-corrected chi connectivity index (χ4v) is 1.53. The van der Waals surface area contributed by atoms with Crippen LogP contribution < -0.4 is 10.6 Å². The highest BCUT2D eigenvalue weighted by Crippen LogP contribution is 2.09. The van der Waals surface area contributed by atoms with E-state index in [1.54, 1.807) is 12.1 Å². The average molecular weight is 280 g/mol. The highest BCUT2D eigenvalue weighted by Gasteiger charge is 2.15. The van der Waals surface area contributed by atoms with Crippen molar-refractivity contribution in [1.29, 1.82) is 0 Å². The molecule has 2 N–H and O–H groups in total. The minimum Gasteiger partial charge on any atom is -0.354 e. The molecule has 6 heteroatoms. The van der Waals surface area contributed by atoms with Crippen LogP contribution in [0.25, 0.3) is 0 Å². The molecule has 20 heavy (non-hydrogen) atoms. The number of anilines is 1. The SMILES string of the molecule is CCc1ccc(NC(=O)C(=O)NCC(OC)OC)cc1. The van der Waals surface area contributed by atoms with Crippen molar-refractivity contribution in [1.82, 2.24) is 5.32 Å². The highest BCUT2D eigenvalue weighted by molar-refractivity contribution is 6.39. The number of carbonyl (C=O) groups is 2. The molecule has 0 fully saturated rings. The van der Waals surface area contributed by atoms with Gasteiger partial charge < -0.3 is 20.1 Å². The summed E-state index contributed by atoms with van der Waals surface area (Å²) in [5, 5.41) is 4.95. The first-order chi connectivity index (χ1) is 9.60. The van der Waals surface area contributed by atoms with Crippen LogP contribution in [0.1, 0.15) is 12.5 Å². The Bertz CT molecular complexity index is 441. The second kappa shape index (κ2) is 8.29. The first-order valence-electron chi connectivity index (χ1n) is 6.34. The molecule has 1 aromatic carbocycles. The van der Waals surface area contributed by atoms with Crippen LogP contribution in [0.2, 0.25) is 0 Å². The minimum absolute atomic E-state index is 0.105. The molecule has 0 atom stereocenters. The van der Waals surface area contributed by atoms with E-state index < -0.39 is 18.1 Å². The van der Waals surface area contributed by atoms with Crippen LogP contribution in [0.15, 0.2) is 24.3 Å². The lowest BCUT2D eigenvalue weighted by molar-refractivity contribution is -0.139. The molecule has 6 nitrogen and oxygen atoms in total. The molecule has 0 aliphatic heterocycles. The topological polar surface area (TPSA) is 76.7 Å². The van der Waals surface area contributed by atoms with E-state index in [2.05, 4.69) is 10.6 Å². The van der Waals surface area contributed by atoms with E-state index in [1.165, 1.54) is 14.2 Å². The summed E-state index contributed by atoms with van der Waals surface area (Å²) in [5.41, 5.74) is 1.74. The van der Waals surface area contributed by atoms with E-state index in [1.807, 2.05) is 19.1 Å². The Labute approximate surface area is 118 Å². The summed E-state index contributed by atoms with van der Waals surface area (Å²) in [5.74, 6) is -1.45. The Morgan fingerprint density at radius 3 is 2.20 bits per heavy atom. The normalized spacial score (nSPS) is 10.4. The van der Waals surface area contributed by atoms with Gasteiger partial charge in [-0.1, -0.05) is 19.1 Å². The van der Waals surface area contributed by atoms with Gasteiger partial charge in [0, 0.05) is 19.9 Å². The van der Waals surface area contributed by atoms with E-state index in [9.17, 15) is 9.59 Å². The van der Waals surface area contributed by atoms with Crippen LogP contribution in [0, 0.1) is 0 Å². The second-order valence-corrected chi connectivity index (χ2v) is 4.12. The standard InChI is InChI=1S/C14H20N2O4/c1-4-10-5-7-11(8-6-10)16-14(18)13(17)15-9-12(19-2)20-3/h5-8,12H,4,9H2,1-3H3,(H,15,17)(H,16,18). The van der Waals surface area contributed by atoms with E-state index in [4.69, 9.17) is 9.47 Å². The van der Waals surface area contributed by atoms with Gasteiger partial charge in [-0.25, -0.2) is 0 Å². The molecule has 0 aromatic heterocycles. The Morgan fingerprint density at radius 1 is 1.10 bits per heavy atom. The van der Waals surface area contributed by atoms with Gasteiger partial charge in [-0.2, -0.15) is 0 Å². The first kappa shape index (κ1) is 16.1. The number of ether oxygens (including phenoxy) is 2. The zero-order valence-corrected chi connectivity index (χ0v) is 11.9. The van der Waals surface area contributed by atoms with Crippen LogP contribution in [0.3, 0.4) is 0 Å². The van der Waals surface area contributed by atoms with E-state index in [0.717, 1.165) is 12.0 Å². The number of benzene rings is 1. The first-order valence-corrected chi connectivity index (χ1v) is 6.34. The van der Waals surface area contributed by atoms with Gasteiger partial charge in [-0.05, 0) is 24.1 Å². The van der Waals surface area contributed by atoms with Crippen LogP contribution in [0.5, 0.6) is 0 Å². The number of methoxy groups -OCH3 is 2. The van der Waals surface area contributed by atoms with Gasteiger partial charge in [0.05, 0.1) is 6.54 Å². The van der Waals surface area contributed by atoms with E-state index in [0.29, 0.717) is 5.69 Å². The van der Waals surface area contributed by atoms with Crippen LogP contribution >= 0.6 is 0 Å². The number of hydrogen-bond acceptors (Lipinski definition) is 4. The van der Waals surface area contributed by atoms with Crippen molar-refractivity contribution < 1.29 is 19.1 Å². The van der Waals surface area contributed by atoms with Gasteiger partial charge in [0.2, 0.25) is 0 Å². The molecule has 0 radical (unpaired) electrons. The van der Waals surface area contributed by atoms with Crippen LogP contribution in [0.4, 0.5) is 5.69 Å². The largest absolute Gasteiger partial charge is 0.354 e. The molecule has 0 aliphatic rings. The number of aryl methyl sites for hydroxylation is 1. The third-order valence-electron chi connectivity index (χ3n) is 2.78. The summed E-state index contributed by atoms with van der Waals surface area (Å²) in [7, 11) is 2.91. The third kappa shape index (κ3) is 4.99. The van der Waals surface area contributed by atoms with E-state index >= 15 is 0 Å². The summed E-state index contributed by atoms with van der Waals surface area (Å²) in [6.45, 7) is 2.15. The predicted molar refractivity (Wildman–Crippen MR) is 75.3 cm³/mol. The second-order valence-electron chi connectivity index (χ2n) is 4.12. The fraction of sp³-hybridized carbons (Fsp3) is 0.429. The predicted octanol–water partition coefficient (Wildman–Crippen LogP) is 0.923. The summed E-state index contributed by atoms with van der Waals surface area (Å²) < 4.78 is 9.81. The molecular formula is C14H20N2O4. The smallest absolute Gasteiger partial charge is 0.313 e. The van der Waals surface area contributed by atoms with Gasteiger partial charge >= 0.3 is 11.8 Å². The molecule has 1 rings (SSSR count). The maximum absolute atomic E-state index is 11.7. The minimum atomic E-state index is -0.733. The van der Waals surface area contributed by atoms with Crippen LogP contribution in [-0.4, -0.2) is 38.9 Å². The van der Waals surface area contributed by atoms with Crippen molar-refractivity contribution in [3.05, 3.63) is 29.8 Å². The zero-order valence-electron chi connectivity index (χ0n) is 11.9. The van der Waals surface area contributed by atoms with Crippen molar-refractivity contribution >= 4 is 17.5 Å². The molecule has 0 spiro atoms. The van der Waals surface area contributed by atoms with Gasteiger partial charge in [-0.15, -0.1) is 0 Å². The average Bonchev–Trinajstić information content (AvgIpc) is 2.48. The molecule has 1 aromatic rings. The van der Waals surface area contributed by atoms with E-state index in [-0.39, 0.29) is 6.54 Å². The Morgan fingerprint density at radius 2 is 1.70 bits per heavy atom. The van der Waals surface area contributed by atoms with Crippen molar-refractivity contribution in [3.63, 3.8) is 0 Å².